The minimum absolute atomic E-state index is 0.267. The number of carbonyl (C=O) groups excluding carboxylic acids is 1. The maximum Gasteiger partial charge on any atom is 0.330 e. The molecule has 0 aromatic rings. The fourth-order valence-corrected chi connectivity index (χ4v) is 0.607. The highest BCUT2D eigenvalue weighted by Crippen LogP contribution is 2.07. The van der Waals surface area contributed by atoms with E-state index < -0.39 is 5.60 Å². The van der Waals surface area contributed by atoms with Crippen molar-refractivity contribution in [1.82, 2.24) is 0 Å². The van der Waals surface area contributed by atoms with Crippen LogP contribution in [0.2, 0.25) is 0 Å². The van der Waals surface area contributed by atoms with Gasteiger partial charge < -0.3 is 4.74 Å². The summed E-state index contributed by atoms with van der Waals surface area (Å²) in [6.45, 7) is 9.60. The van der Waals surface area contributed by atoms with Crippen molar-refractivity contribution in [2.24, 2.45) is 5.92 Å². The summed E-state index contributed by atoms with van der Waals surface area (Å²) in [5, 5.41) is 0. The van der Waals surface area contributed by atoms with Crippen LogP contribution in [0.5, 0.6) is 0 Å². The van der Waals surface area contributed by atoms with Gasteiger partial charge in [-0.25, -0.2) is 4.79 Å². The molecule has 70 valence electrons. The Morgan fingerprint density at radius 2 is 1.83 bits per heavy atom. The molecule has 0 unspecified atom stereocenters. The molecular formula is C10H18O2. The van der Waals surface area contributed by atoms with Crippen molar-refractivity contribution in [2.45, 2.75) is 40.2 Å². The first-order chi connectivity index (χ1) is 5.31. The van der Waals surface area contributed by atoms with Gasteiger partial charge >= 0.3 is 5.97 Å². The second-order valence-corrected chi connectivity index (χ2v) is 4.14. The molecule has 12 heavy (non-hydrogen) atoms. The SMILES string of the molecule is CC(C)/C=C/C(=O)OC(C)(C)C. The van der Waals surface area contributed by atoms with Gasteiger partial charge in [0.05, 0.1) is 0 Å². The Balaban J connectivity index is 3.91. The molecule has 0 aromatic heterocycles. The Labute approximate surface area is 74.6 Å². The van der Waals surface area contributed by atoms with E-state index >= 15 is 0 Å². The van der Waals surface area contributed by atoms with Gasteiger partial charge in [-0.05, 0) is 26.7 Å². The molecule has 0 saturated heterocycles. The Morgan fingerprint density at radius 3 is 2.17 bits per heavy atom. The zero-order valence-electron chi connectivity index (χ0n) is 8.55. The third kappa shape index (κ3) is 7.32. The minimum atomic E-state index is -0.390. The second-order valence-electron chi connectivity index (χ2n) is 4.14. The van der Waals surface area contributed by atoms with Crippen molar-refractivity contribution < 1.29 is 9.53 Å². The van der Waals surface area contributed by atoms with E-state index in [1.54, 1.807) is 0 Å². The van der Waals surface area contributed by atoms with Crippen LogP contribution in [-0.2, 0) is 9.53 Å². The van der Waals surface area contributed by atoms with E-state index in [1.165, 1.54) is 6.08 Å². The normalized spacial score (nSPS) is 12.5. The Morgan fingerprint density at radius 1 is 1.33 bits per heavy atom. The topological polar surface area (TPSA) is 26.3 Å². The van der Waals surface area contributed by atoms with E-state index in [0.717, 1.165) is 0 Å². The van der Waals surface area contributed by atoms with Crippen LogP contribution in [0.1, 0.15) is 34.6 Å². The molecule has 0 aliphatic carbocycles. The van der Waals surface area contributed by atoms with Crippen LogP contribution in [0.25, 0.3) is 0 Å². The van der Waals surface area contributed by atoms with Gasteiger partial charge in [-0.2, -0.15) is 0 Å². The van der Waals surface area contributed by atoms with Crippen LogP contribution in [0.3, 0.4) is 0 Å². The highest BCUT2D eigenvalue weighted by molar-refractivity contribution is 5.82. The molecule has 0 N–H and O–H groups in total. The van der Waals surface area contributed by atoms with Gasteiger partial charge in [0.25, 0.3) is 0 Å². The lowest BCUT2D eigenvalue weighted by Gasteiger charge is -2.17. The first-order valence-electron chi connectivity index (χ1n) is 4.22. The average molecular weight is 170 g/mol. The maximum atomic E-state index is 11.1. The molecule has 0 aliphatic rings. The van der Waals surface area contributed by atoms with Crippen LogP contribution < -0.4 is 0 Å². The summed E-state index contributed by atoms with van der Waals surface area (Å²) in [7, 11) is 0. The van der Waals surface area contributed by atoms with Crippen LogP contribution >= 0.6 is 0 Å². The number of carbonyl (C=O) groups is 1. The summed E-state index contributed by atoms with van der Waals surface area (Å²) in [5.41, 5.74) is -0.390. The standard InChI is InChI=1S/C10H18O2/c1-8(2)6-7-9(11)12-10(3,4)5/h6-8H,1-5H3/b7-6+. The first-order valence-corrected chi connectivity index (χ1v) is 4.22. The second kappa shape index (κ2) is 4.29. The van der Waals surface area contributed by atoms with Crippen LogP contribution in [0.15, 0.2) is 12.2 Å². The van der Waals surface area contributed by atoms with Crippen molar-refractivity contribution in [3.05, 3.63) is 12.2 Å². The summed E-state index contributed by atoms with van der Waals surface area (Å²) in [6.07, 6.45) is 3.31. The quantitative estimate of drug-likeness (QED) is 0.470. The van der Waals surface area contributed by atoms with Crippen molar-refractivity contribution in [2.75, 3.05) is 0 Å². The van der Waals surface area contributed by atoms with E-state index in [1.807, 2.05) is 40.7 Å². The highest BCUT2D eigenvalue weighted by Gasteiger charge is 2.13. The number of esters is 1. The summed E-state index contributed by atoms with van der Waals surface area (Å²) >= 11 is 0. The largest absolute Gasteiger partial charge is 0.457 e. The monoisotopic (exact) mass is 170 g/mol. The number of hydrogen-bond acceptors (Lipinski definition) is 2. The number of hydrogen-bond donors (Lipinski definition) is 0. The molecule has 0 rings (SSSR count). The first kappa shape index (κ1) is 11.2. The van der Waals surface area contributed by atoms with E-state index in [4.69, 9.17) is 4.74 Å². The summed E-state index contributed by atoms with van der Waals surface area (Å²) in [5.74, 6) is 0.119. The molecule has 0 saturated carbocycles. The number of rotatable bonds is 2. The maximum absolute atomic E-state index is 11.1. The van der Waals surface area contributed by atoms with Crippen molar-refractivity contribution in [3.8, 4) is 0 Å². The van der Waals surface area contributed by atoms with Gasteiger partial charge in [0.2, 0.25) is 0 Å². The minimum Gasteiger partial charge on any atom is -0.457 e. The fraction of sp³-hybridized carbons (Fsp3) is 0.700. The smallest absolute Gasteiger partial charge is 0.330 e. The van der Waals surface area contributed by atoms with Crippen molar-refractivity contribution >= 4 is 5.97 Å². The van der Waals surface area contributed by atoms with Gasteiger partial charge in [0.1, 0.15) is 5.60 Å². The van der Waals surface area contributed by atoms with Gasteiger partial charge in [-0.3, -0.25) is 0 Å². The van der Waals surface area contributed by atoms with E-state index in [9.17, 15) is 4.79 Å². The molecule has 0 aliphatic heterocycles. The predicted octanol–water partition coefficient (Wildman–Crippen LogP) is 2.54. The predicted molar refractivity (Wildman–Crippen MR) is 49.8 cm³/mol. The van der Waals surface area contributed by atoms with Crippen LogP contribution in [0, 0.1) is 5.92 Å². The molecule has 0 aromatic carbocycles. The third-order valence-electron chi connectivity index (χ3n) is 1.02. The Kier molecular flexibility index (Phi) is 4.01. The molecule has 0 radical (unpaired) electrons. The Bertz CT molecular complexity index is 173. The van der Waals surface area contributed by atoms with Gasteiger partial charge in [0, 0.05) is 6.08 Å². The fourth-order valence-electron chi connectivity index (χ4n) is 0.607. The summed E-state index contributed by atoms with van der Waals surface area (Å²) in [4.78, 5) is 11.1. The van der Waals surface area contributed by atoms with Gasteiger partial charge in [-0.1, -0.05) is 19.9 Å². The lowest BCUT2D eigenvalue weighted by molar-refractivity contribution is -0.148. The third-order valence-corrected chi connectivity index (χ3v) is 1.02. The summed E-state index contributed by atoms with van der Waals surface area (Å²) < 4.78 is 5.06. The molecule has 0 amide bonds. The number of ether oxygens (including phenoxy) is 1. The Hall–Kier alpha value is -0.790. The van der Waals surface area contributed by atoms with Crippen molar-refractivity contribution in [1.29, 1.82) is 0 Å². The van der Waals surface area contributed by atoms with Crippen molar-refractivity contribution in [3.63, 3.8) is 0 Å². The zero-order chi connectivity index (χ0) is 9.78. The molecule has 0 spiro atoms. The lowest BCUT2D eigenvalue weighted by Crippen LogP contribution is -2.22. The highest BCUT2D eigenvalue weighted by atomic mass is 16.6. The molecular weight excluding hydrogens is 152 g/mol. The molecule has 0 atom stereocenters. The molecule has 2 heteroatoms. The lowest BCUT2D eigenvalue weighted by atomic mass is 10.2. The van der Waals surface area contributed by atoms with Gasteiger partial charge in [0.15, 0.2) is 0 Å². The number of allylic oxidation sites excluding steroid dienone is 1. The molecule has 0 bridgehead atoms. The van der Waals surface area contributed by atoms with E-state index in [0.29, 0.717) is 5.92 Å². The van der Waals surface area contributed by atoms with Crippen LogP contribution in [-0.4, -0.2) is 11.6 Å². The van der Waals surface area contributed by atoms with E-state index in [2.05, 4.69) is 0 Å². The van der Waals surface area contributed by atoms with Gasteiger partial charge in [-0.15, -0.1) is 0 Å². The molecule has 2 nitrogen and oxygen atoms in total. The molecule has 0 fully saturated rings. The zero-order valence-corrected chi connectivity index (χ0v) is 8.55. The summed E-state index contributed by atoms with van der Waals surface area (Å²) in [6, 6.07) is 0. The van der Waals surface area contributed by atoms with Crippen LogP contribution in [0.4, 0.5) is 0 Å². The molecule has 0 heterocycles. The van der Waals surface area contributed by atoms with E-state index in [-0.39, 0.29) is 5.97 Å². The average Bonchev–Trinajstić information content (AvgIpc) is 1.79.